The van der Waals surface area contributed by atoms with Crippen molar-refractivity contribution >= 4 is 46.3 Å². The number of thioether (sulfide) groups is 1. The van der Waals surface area contributed by atoms with Crippen LogP contribution in [0.1, 0.15) is 11.6 Å². The maximum Gasteiger partial charge on any atom is 0.140 e. The molecule has 31 heavy (non-hydrogen) atoms. The van der Waals surface area contributed by atoms with Gasteiger partial charge in [0, 0.05) is 27.1 Å². The standard InChI is InChI=1S/C19H16Cl2N4O4S2/c20-11-2-1-9(4-22)13(3-11)31-19-17(28)15(16(27)12(7-26)29-19)25-6-10(5-23-25)18-24-14(21)8-30-18/h1-3,5-6,8,12,15-17,19,26-28H,7H2/t12-,15+,16+,17-,19-/m1/s1. The van der Waals surface area contributed by atoms with E-state index in [2.05, 4.69) is 16.2 Å². The van der Waals surface area contributed by atoms with Crippen LogP contribution in [0, 0.1) is 11.3 Å². The highest BCUT2D eigenvalue weighted by Gasteiger charge is 2.46. The molecule has 1 aliphatic rings. The van der Waals surface area contributed by atoms with Gasteiger partial charge in [-0.2, -0.15) is 10.4 Å². The molecule has 8 nitrogen and oxygen atoms in total. The number of nitriles is 1. The van der Waals surface area contributed by atoms with E-state index in [4.69, 9.17) is 27.9 Å². The van der Waals surface area contributed by atoms with Crippen LogP contribution >= 0.6 is 46.3 Å². The Morgan fingerprint density at radius 1 is 1.29 bits per heavy atom. The Balaban J connectivity index is 1.64. The summed E-state index contributed by atoms with van der Waals surface area (Å²) in [4.78, 5) is 4.72. The highest BCUT2D eigenvalue weighted by molar-refractivity contribution is 7.99. The van der Waals surface area contributed by atoms with E-state index in [0.717, 1.165) is 11.8 Å². The predicted octanol–water partition coefficient (Wildman–Crippen LogP) is 2.96. The summed E-state index contributed by atoms with van der Waals surface area (Å²) in [5.41, 5.74) is 0.155. The van der Waals surface area contributed by atoms with Gasteiger partial charge in [-0.3, -0.25) is 4.68 Å². The summed E-state index contributed by atoms with van der Waals surface area (Å²) in [5.74, 6) is 0. The molecule has 1 aliphatic heterocycles. The van der Waals surface area contributed by atoms with E-state index >= 15 is 0 Å². The van der Waals surface area contributed by atoms with Crippen molar-refractivity contribution in [1.29, 1.82) is 5.26 Å². The van der Waals surface area contributed by atoms with Crippen LogP contribution in [0.3, 0.4) is 0 Å². The van der Waals surface area contributed by atoms with Crippen LogP contribution in [0.15, 0.2) is 40.9 Å². The van der Waals surface area contributed by atoms with Gasteiger partial charge in [-0.05, 0) is 18.2 Å². The van der Waals surface area contributed by atoms with Gasteiger partial charge in [0.2, 0.25) is 0 Å². The van der Waals surface area contributed by atoms with Gasteiger partial charge in [0.05, 0.1) is 18.4 Å². The molecular weight excluding hydrogens is 483 g/mol. The van der Waals surface area contributed by atoms with E-state index in [0.29, 0.717) is 31.2 Å². The zero-order valence-electron chi connectivity index (χ0n) is 15.7. The van der Waals surface area contributed by atoms with Crippen LogP contribution in [-0.4, -0.2) is 60.4 Å². The van der Waals surface area contributed by atoms with Gasteiger partial charge in [0.1, 0.15) is 46.0 Å². The molecule has 4 rings (SSSR count). The molecule has 1 fully saturated rings. The molecule has 5 atom stereocenters. The van der Waals surface area contributed by atoms with Gasteiger partial charge in [0.15, 0.2) is 0 Å². The second kappa shape index (κ2) is 9.44. The molecule has 0 aliphatic carbocycles. The minimum absolute atomic E-state index is 0.366. The summed E-state index contributed by atoms with van der Waals surface area (Å²) in [6, 6.07) is 5.95. The van der Waals surface area contributed by atoms with E-state index in [1.54, 1.807) is 36.0 Å². The SMILES string of the molecule is N#Cc1ccc(Cl)cc1S[C@H]1O[C@H](CO)[C@H](O)[C@H](n2cc(-c3nc(Cl)cs3)cn2)[C@H]1O. The summed E-state index contributed by atoms with van der Waals surface area (Å²) in [7, 11) is 0. The fourth-order valence-electron chi connectivity index (χ4n) is 3.29. The van der Waals surface area contributed by atoms with E-state index in [9.17, 15) is 20.6 Å². The Labute approximate surface area is 195 Å². The first-order valence-corrected chi connectivity index (χ1v) is 11.6. The van der Waals surface area contributed by atoms with E-state index < -0.39 is 36.4 Å². The molecular formula is C19H16Cl2N4O4S2. The minimum Gasteiger partial charge on any atom is -0.394 e. The first-order valence-electron chi connectivity index (χ1n) is 9.05. The number of rotatable bonds is 5. The monoisotopic (exact) mass is 498 g/mol. The lowest BCUT2D eigenvalue weighted by Gasteiger charge is -2.42. The maximum absolute atomic E-state index is 11.0. The molecule has 0 saturated carbocycles. The molecule has 1 saturated heterocycles. The fraction of sp³-hybridized carbons (Fsp3) is 0.316. The number of halogens is 2. The second-order valence-electron chi connectivity index (χ2n) is 6.75. The lowest BCUT2D eigenvalue weighted by Crippen LogP contribution is -2.55. The maximum atomic E-state index is 11.0. The molecule has 0 unspecified atom stereocenters. The van der Waals surface area contributed by atoms with Gasteiger partial charge in [-0.25, -0.2) is 4.98 Å². The number of benzene rings is 1. The number of hydrogen-bond donors (Lipinski definition) is 3. The lowest BCUT2D eigenvalue weighted by molar-refractivity contribution is -0.178. The van der Waals surface area contributed by atoms with E-state index in [-0.39, 0.29) is 0 Å². The summed E-state index contributed by atoms with van der Waals surface area (Å²) in [5, 5.41) is 48.3. The largest absolute Gasteiger partial charge is 0.394 e. The minimum atomic E-state index is -1.22. The van der Waals surface area contributed by atoms with Crippen molar-refractivity contribution in [2.75, 3.05) is 6.61 Å². The van der Waals surface area contributed by atoms with Crippen molar-refractivity contribution in [2.24, 2.45) is 0 Å². The first-order chi connectivity index (χ1) is 14.9. The van der Waals surface area contributed by atoms with Crippen LogP contribution in [0.2, 0.25) is 10.2 Å². The topological polar surface area (TPSA) is 124 Å². The van der Waals surface area contributed by atoms with E-state index in [1.165, 1.54) is 16.0 Å². The first kappa shape index (κ1) is 22.5. The van der Waals surface area contributed by atoms with Gasteiger partial charge in [0.25, 0.3) is 0 Å². The van der Waals surface area contributed by atoms with Crippen molar-refractivity contribution in [1.82, 2.24) is 14.8 Å². The quantitative estimate of drug-likeness (QED) is 0.490. The smallest absolute Gasteiger partial charge is 0.140 e. The number of nitrogens with zero attached hydrogens (tertiary/aromatic N) is 4. The number of thiazole rings is 1. The summed E-state index contributed by atoms with van der Waals surface area (Å²) >= 11 is 14.4. The average molecular weight is 499 g/mol. The van der Waals surface area contributed by atoms with Gasteiger partial charge in [-0.15, -0.1) is 11.3 Å². The van der Waals surface area contributed by atoms with Gasteiger partial charge < -0.3 is 20.1 Å². The van der Waals surface area contributed by atoms with Gasteiger partial charge >= 0.3 is 0 Å². The number of ether oxygens (including phenoxy) is 1. The van der Waals surface area contributed by atoms with Crippen molar-refractivity contribution in [3.63, 3.8) is 0 Å². The lowest BCUT2D eigenvalue weighted by atomic mass is 9.97. The Bertz CT molecular complexity index is 1120. The van der Waals surface area contributed by atoms with Crippen molar-refractivity contribution in [3.8, 4) is 16.6 Å². The number of hydrogen-bond acceptors (Lipinski definition) is 9. The third-order valence-corrected chi connectivity index (χ3v) is 7.45. The molecule has 12 heteroatoms. The van der Waals surface area contributed by atoms with Crippen LogP contribution < -0.4 is 0 Å². The molecule has 0 spiro atoms. The highest BCUT2D eigenvalue weighted by Crippen LogP contribution is 2.40. The average Bonchev–Trinajstić information content (AvgIpc) is 3.39. The molecule has 2 aromatic heterocycles. The second-order valence-corrected chi connectivity index (χ2v) is 9.57. The highest BCUT2D eigenvalue weighted by atomic mass is 35.5. The Morgan fingerprint density at radius 3 is 2.77 bits per heavy atom. The third kappa shape index (κ3) is 4.60. The third-order valence-electron chi connectivity index (χ3n) is 4.79. The number of aliphatic hydroxyl groups is 3. The van der Waals surface area contributed by atoms with Crippen molar-refractivity contribution in [2.45, 2.75) is 34.7 Å². The van der Waals surface area contributed by atoms with Crippen LogP contribution in [-0.2, 0) is 4.74 Å². The molecule has 162 valence electrons. The predicted molar refractivity (Wildman–Crippen MR) is 117 cm³/mol. The van der Waals surface area contributed by atoms with Crippen LogP contribution in [0.25, 0.3) is 10.6 Å². The molecule has 0 amide bonds. The van der Waals surface area contributed by atoms with Gasteiger partial charge in [-0.1, -0.05) is 35.0 Å². The molecule has 3 heterocycles. The van der Waals surface area contributed by atoms with Crippen LogP contribution in [0.4, 0.5) is 0 Å². The summed E-state index contributed by atoms with van der Waals surface area (Å²) in [6.45, 7) is -0.460. The molecule has 1 aromatic carbocycles. The fourth-order valence-corrected chi connectivity index (χ4v) is 5.63. The molecule has 0 radical (unpaired) electrons. The molecule has 0 bridgehead atoms. The molecule has 3 N–H and O–H groups in total. The Kier molecular flexibility index (Phi) is 6.86. The van der Waals surface area contributed by atoms with E-state index in [1.807, 2.05) is 0 Å². The number of aromatic nitrogens is 3. The zero-order chi connectivity index (χ0) is 22.1. The Morgan fingerprint density at radius 2 is 2.10 bits per heavy atom. The summed E-state index contributed by atoms with van der Waals surface area (Å²) in [6.07, 6.45) is -0.184. The Hall–Kier alpha value is -1.68. The van der Waals surface area contributed by atoms with Crippen LogP contribution in [0.5, 0.6) is 0 Å². The van der Waals surface area contributed by atoms with Crippen molar-refractivity contribution in [3.05, 3.63) is 51.7 Å². The number of aliphatic hydroxyl groups excluding tert-OH is 3. The zero-order valence-corrected chi connectivity index (χ0v) is 18.8. The normalized spacial score (nSPS) is 26.0. The van der Waals surface area contributed by atoms with Crippen molar-refractivity contribution < 1.29 is 20.1 Å². The summed E-state index contributed by atoms with van der Waals surface area (Å²) < 4.78 is 7.17. The molecule has 3 aromatic rings.